The number of hydrogen-bond acceptors (Lipinski definition) is 5. The van der Waals surface area contributed by atoms with Gasteiger partial charge in [0.15, 0.2) is 0 Å². The van der Waals surface area contributed by atoms with Crippen molar-refractivity contribution in [1.29, 1.82) is 5.26 Å². The van der Waals surface area contributed by atoms with Crippen LogP contribution in [0.5, 0.6) is 0 Å². The van der Waals surface area contributed by atoms with Crippen molar-refractivity contribution in [2.45, 2.75) is 6.54 Å². The third kappa shape index (κ3) is 3.56. The highest BCUT2D eigenvalue weighted by Gasteiger charge is 2.35. The molecule has 1 heterocycles. The Bertz CT molecular complexity index is 1040. The van der Waals surface area contributed by atoms with E-state index in [1.54, 1.807) is 22.9 Å². The van der Waals surface area contributed by atoms with Crippen molar-refractivity contribution in [2.24, 2.45) is 0 Å². The van der Waals surface area contributed by atoms with Crippen molar-refractivity contribution in [3.8, 4) is 6.07 Å². The first-order valence-corrected chi connectivity index (χ1v) is 9.17. The van der Waals surface area contributed by atoms with Crippen LogP contribution < -0.4 is 14.3 Å². The standard InChI is InChI=1S/C16H12ClFN4O3S/c17-12-3-1-10(7-19)6-14(12)20-8-11-2-4-15(13(18)5-11)22-9-16(23)21-26(22,24)25/h1-6,20H,8-9H2,(H,21,23). The molecule has 2 aromatic carbocycles. The number of carbonyl (C=O) groups excluding carboxylic acids is 1. The molecule has 0 bridgehead atoms. The van der Waals surface area contributed by atoms with Gasteiger partial charge in [-0.25, -0.2) is 13.4 Å². The molecule has 0 unspecified atom stereocenters. The molecule has 0 atom stereocenters. The number of halogens is 2. The maximum Gasteiger partial charge on any atom is 0.326 e. The fourth-order valence-electron chi connectivity index (χ4n) is 2.45. The molecule has 0 aliphatic carbocycles. The predicted molar refractivity (Wildman–Crippen MR) is 94.3 cm³/mol. The lowest BCUT2D eigenvalue weighted by atomic mass is 10.1. The van der Waals surface area contributed by atoms with Gasteiger partial charge in [0.2, 0.25) is 0 Å². The summed E-state index contributed by atoms with van der Waals surface area (Å²) in [5.74, 6) is -1.50. The first-order chi connectivity index (χ1) is 12.3. The normalized spacial score (nSPS) is 15.4. The zero-order valence-corrected chi connectivity index (χ0v) is 14.7. The van der Waals surface area contributed by atoms with Crippen LogP contribution in [-0.4, -0.2) is 20.9 Å². The Morgan fingerprint density at radius 1 is 1.31 bits per heavy atom. The van der Waals surface area contributed by atoms with Gasteiger partial charge >= 0.3 is 10.2 Å². The lowest BCUT2D eigenvalue weighted by molar-refractivity contribution is -0.117. The second-order valence-electron chi connectivity index (χ2n) is 5.48. The van der Waals surface area contributed by atoms with E-state index in [-0.39, 0.29) is 12.2 Å². The first-order valence-electron chi connectivity index (χ1n) is 7.35. The molecular formula is C16H12ClFN4O3S. The van der Waals surface area contributed by atoms with Crippen LogP contribution in [0.3, 0.4) is 0 Å². The van der Waals surface area contributed by atoms with Gasteiger partial charge in [-0.2, -0.15) is 13.7 Å². The smallest absolute Gasteiger partial charge is 0.326 e. The molecule has 0 saturated carbocycles. The van der Waals surface area contributed by atoms with E-state index in [4.69, 9.17) is 16.9 Å². The van der Waals surface area contributed by atoms with Gasteiger partial charge in [0.05, 0.1) is 28.0 Å². The van der Waals surface area contributed by atoms with Crippen LogP contribution in [0.25, 0.3) is 0 Å². The Morgan fingerprint density at radius 3 is 2.69 bits per heavy atom. The molecule has 1 aliphatic heterocycles. The topological polar surface area (TPSA) is 102 Å². The fraction of sp³-hybridized carbons (Fsp3) is 0.125. The Hall–Kier alpha value is -2.83. The summed E-state index contributed by atoms with van der Waals surface area (Å²) in [6.45, 7) is -0.261. The van der Waals surface area contributed by atoms with Crippen molar-refractivity contribution in [3.63, 3.8) is 0 Å². The number of carbonyl (C=O) groups is 1. The Labute approximate surface area is 154 Å². The van der Waals surface area contributed by atoms with Crippen LogP contribution in [-0.2, 0) is 21.5 Å². The van der Waals surface area contributed by atoms with E-state index in [9.17, 15) is 17.6 Å². The molecule has 3 rings (SSSR count). The van der Waals surface area contributed by atoms with Gasteiger partial charge in [-0.3, -0.25) is 4.79 Å². The number of benzene rings is 2. The number of anilines is 2. The van der Waals surface area contributed by atoms with Crippen molar-refractivity contribution >= 4 is 39.1 Å². The minimum Gasteiger partial charge on any atom is -0.380 e. The number of amides is 1. The minimum atomic E-state index is -4.06. The summed E-state index contributed by atoms with van der Waals surface area (Å²) < 4.78 is 40.4. The molecule has 1 aliphatic rings. The van der Waals surface area contributed by atoms with Gasteiger partial charge in [-0.1, -0.05) is 17.7 Å². The molecule has 26 heavy (non-hydrogen) atoms. The molecule has 2 N–H and O–H groups in total. The van der Waals surface area contributed by atoms with E-state index in [2.05, 4.69) is 5.32 Å². The van der Waals surface area contributed by atoms with Gasteiger partial charge in [0.1, 0.15) is 12.4 Å². The van der Waals surface area contributed by atoms with Crippen LogP contribution in [0.15, 0.2) is 36.4 Å². The summed E-state index contributed by atoms with van der Waals surface area (Å²) in [4.78, 5) is 11.3. The zero-order valence-electron chi connectivity index (χ0n) is 13.2. The van der Waals surface area contributed by atoms with Crippen molar-refractivity contribution in [1.82, 2.24) is 4.72 Å². The molecule has 1 saturated heterocycles. The number of nitriles is 1. The zero-order chi connectivity index (χ0) is 18.9. The summed E-state index contributed by atoms with van der Waals surface area (Å²) in [7, 11) is -4.06. The molecular weight excluding hydrogens is 383 g/mol. The van der Waals surface area contributed by atoms with E-state index in [1.807, 2.05) is 6.07 Å². The van der Waals surface area contributed by atoms with Crippen LogP contribution in [0, 0.1) is 17.1 Å². The molecule has 0 radical (unpaired) electrons. The summed E-state index contributed by atoms with van der Waals surface area (Å²) in [6, 6.07) is 10.7. The summed E-state index contributed by atoms with van der Waals surface area (Å²) in [5.41, 5.74) is 1.26. The molecule has 10 heteroatoms. The van der Waals surface area contributed by atoms with Gasteiger partial charge in [0, 0.05) is 6.54 Å². The van der Waals surface area contributed by atoms with Crippen LogP contribution in [0.1, 0.15) is 11.1 Å². The Balaban J connectivity index is 1.79. The van der Waals surface area contributed by atoms with Gasteiger partial charge < -0.3 is 5.32 Å². The second kappa shape index (κ2) is 6.82. The highest BCUT2D eigenvalue weighted by molar-refractivity contribution is 7.92. The first kappa shape index (κ1) is 18.0. The lowest BCUT2D eigenvalue weighted by Gasteiger charge is -2.16. The SMILES string of the molecule is N#Cc1ccc(Cl)c(NCc2ccc(N3CC(=O)NS3(=O)=O)c(F)c2)c1. The molecule has 2 aromatic rings. The minimum absolute atomic E-state index is 0.204. The Morgan fingerprint density at radius 2 is 2.08 bits per heavy atom. The number of rotatable bonds is 4. The predicted octanol–water partition coefficient (Wildman–Crippen LogP) is 2.14. The van der Waals surface area contributed by atoms with Gasteiger partial charge in [-0.15, -0.1) is 0 Å². The maximum absolute atomic E-state index is 14.4. The van der Waals surface area contributed by atoms with Gasteiger partial charge in [-0.05, 0) is 35.9 Å². The molecule has 0 spiro atoms. The average molecular weight is 395 g/mol. The molecule has 134 valence electrons. The van der Waals surface area contributed by atoms with Gasteiger partial charge in [0.25, 0.3) is 5.91 Å². The van der Waals surface area contributed by atoms with Crippen LogP contribution in [0.4, 0.5) is 15.8 Å². The second-order valence-corrected chi connectivity index (χ2v) is 7.48. The van der Waals surface area contributed by atoms with Crippen LogP contribution in [0.2, 0.25) is 5.02 Å². The van der Waals surface area contributed by atoms with Crippen molar-refractivity contribution < 1.29 is 17.6 Å². The maximum atomic E-state index is 14.4. The van der Waals surface area contributed by atoms with E-state index in [0.717, 1.165) is 0 Å². The average Bonchev–Trinajstić information content (AvgIpc) is 2.86. The molecule has 0 aromatic heterocycles. The fourth-order valence-corrected chi connectivity index (χ4v) is 3.79. The van der Waals surface area contributed by atoms with E-state index in [1.165, 1.54) is 18.2 Å². The summed E-state index contributed by atoms with van der Waals surface area (Å²) in [5, 5.41) is 12.3. The highest BCUT2D eigenvalue weighted by atomic mass is 35.5. The number of nitrogens with one attached hydrogen (secondary N) is 2. The molecule has 7 nitrogen and oxygen atoms in total. The van der Waals surface area contributed by atoms with E-state index < -0.39 is 28.5 Å². The highest BCUT2D eigenvalue weighted by Crippen LogP contribution is 2.26. The van der Waals surface area contributed by atoms with Crippen LogP contribution >= 0.6 is 11.6 Å². The monoisotopic (exact) mass is 394 g/mol. The third-order valence-electron chi connectivity index (χ3n) is 3.68. The van der Waals surface area contributed by atoms with E-state index in [0.29, 0.717) is 26.1 Å². The largest absolute Gasteiger partial charge is 0.380 e. The third-order valence-corrected chi connectivity index (χ3v) is 5.40. The Kier molecular flexibility index (Phi) is 4.71. The van der Waals surface area contributed by atoms with E-state index >= 15 is 0 Å². The van der Waals surface area contributed by atoms with Crippen molar-refractivity contribution in [2.75, 3.05) is 16.2 Å². The summed E-state index contributed by atoms with van der Waals surface area (Å²) >= 11 is 6.05. The van der Waals surface area contributed by atoms with Crippen molar-refractivity contribution in [3.05, 3.63) is 58.4 Å². The molecule has 1 amide bonds. The number of nitrogens with zero attached hydrogens (tertiary/aromatic N) is 2. The number of hydrogen-bond donors (Lipinski definition) is 2. The molecule has 1 fully saturated rings. The lowest BCUT2D eigenvalue weighted by Crippen LogP contribution is -2.30. The summed E-state index contributed by atoms with van der Waals surface area (Å²) in [6.07, 6.45) is 0. The quantitative estimate of drug-likeness (QED) is 0.827.